The lowest BCUT2D eigenvalue weighted by Crippen LogP contribution is -2.33. The second-order valence-electron chi connectivity index (χ2n) is 6.76. The van der Waals surface area contributed by atoms with Crippen molar-refractivity contribution >= 4 is 16.5 Å². The minimum atomic E-state index is 0.501. The number of piperidine rings is 1. The molecular formula is C19H24N6S. The molecule has 6 nitrogen and oxygen atoms in total. The van der Waals surface area contributed by atoms with E-state index >= 15 is 0 Å². The standard InChI is InChI=1S/C19H24N6S/c1-2-4-17-22-23-19(26-17)24-10-6-16(7-11-24)18-21-9-12-25(18)14-15-5-3-8-20-13-15/h3,5,8-9,12-13,16H,2,4,6-7,10-11,14H2,1H3. The van der Waals surface area contributed by atoms with Crippen molar-refractivity contribution in [3.8, 4) is 0 Å². The Morgan fingerprint density at radius 1 is 1.19 bits per heavy atom. The van der Waals surface area contributed by atoms with Crippen molar-refractivity contribution in [3.63, 3.8) is 0 Å². The van der Waals surface area contributed by atoms with Crippen LogP contribution in [0, 0.1) is 0 Å². The first-order chi connectivity index (χ1) is 12.8. The van der Waals surface area contributed by atoms with E-state index in [1.54, 1.807) is 11.3 Å². The number of rotatable bonds is 6. The molecule has 0 aromatic carbocycles. The van der Waals surface area contributed by atoms with Crippen molar-refractivity contribution in [1.82, 2.24) is 24.7 Å². The second-order valence-corrected chi connectivity index (χ2v) is 7.80. The Kier molecular flexibility index (Phi) is 5.24. The first-order valence-electron chi connectivity index (χ1n) is 9.30. The third-order valence-electron chi connectivity index (χ3n) is 4.87. The first kappa shape index (κ1) is 17.1. The quantitative estimate of drug-likeness (QED) is 0.666. The lowest BCUT2D eigenvalue weighted by molar-refractivity contribution is 0.469. The summed E-state index contributed by atoms with van der Waals surface area (Å²) in [6, 6.07) is 4.10. The summed E-state index contributed by atoms with van der Waals surface area (Å²) < 4.78 is 2.27. The maximum atomic E-state index is 4.66. The topological polar surface area (TPSA) is 59.7 Å². The Morgan fingerprint density at radius 2 is 2.08 bits per heavy atom. The number of aryl methyl sites for hydroxylation is 1. The van der Waals surface area contributed by atoms with Crippen molar-refractivity contribution in [2.45, 2.75) is 45.1 Å². The molecule has 0 unspecified atom stereocenters. The molecule has 4 heterocycles. The van der Waals surface area contributed by atoms with Gasteiger partial charge in [-0.3, -0.25) is 4.98 Å². The number of anilines is 1. The lowest BCUT2D eigenvalue weighted by Gasteiger charge is -2.31. The maximum Gasteiger partial charge on any atom is 0.208 e. The fourth-order valence-electron chi connectivity index (χ4n) is 3.52. The third kappa shape index (κ3) is 3.77. The summed E-state index contributed by atoms with van der Waals surface area (Å²) in [4.78, 5) is 11.3. The van der Waals surface area contributed by atoms with Gasteiger partial charge in [-0.15, -0.1) is 10.2 Å². The van der Waals surface area contributed by atoms with Gasteiger partial charge in [0, 0.05) is 50.2 Å². The molecule has 7 heteroatoms. The predicted octanol–water partition coefficient (Wildman–Crippen LogP) is 3.51. The van der Waals surface area contributed by atoms with Crippen molar-refractivity contribution in [2.24, 2.45) is 0 Å². The van der Waals surface area contributed by atoms with E-state index in [1.165, 1.54) is 11.4 Å². The van der Waals surface area contributed by atoms with Crippen LogP contribution in [0.1, 0.15) is 48.5 Å². The van der Waals surface area contributed by atoms with Gasteiger partial charge in [-0.05, 0) is 30.9 Å². The fourth-order valence-corrected chi connectivity index (χ4v) is 4.51. The summed E-state index contributed by atoms with van der Waals surface area (Å²) in [5, 5.41) is 10.9. The normalized spacial score (nSPS) is 15.5. The molecule has 0 saturated carbocycles. The monoisotopic (exact) mass is 368 g/mol. The van der Waals surface area contributed by atoms with Gasteiger partial charge >= 0.3 is 0 Å². The van der Waals surface area contributed by atoms with Crippen LogP contribution < -0.4 is 4.90 Å². The van der Waals surface area contributed by atoms with Crippen LogP contribution in [0.15, 0.2) is 36.9 Å². The zero-order valence-corrected chi connectivity index (χ0v) is 15.9. The summed E-state index contributed by atoms with van der Waals surface area (Å²) in [7, 11) is 0. The van der Waals surface area contributed by atoms with Crippen LogP contribution >= 0.6 is 11.3 Å². The van der Waals surface area contributed by atoms with Gasteiger partial charge in [0.1, 0.15) is 10.8 Å². The molecule has 0 atom stereocenters. The molecule has 4 rings (SSSR count). The summed E-state index contributed by atoms with van der Waals surface area (Å²) in [5.41, 5.74) is 1.21. The minimum absolute atomic E-state index is 0.501. The number of aromatic nitrogens is 5. The Morgan fingerprint density at radius 3 is 2.85 bits per heavy atom. The van der Waals surface area contributed by atoms with E-state index in [-0.39, 0.29) is 0 Å². The number of hydrogen-bond acceptors (Lipinski definition) is 6. The zero-order chi connectivity index (χ0) is 17.8. The van der Waals surface area contributed by atoms with E-state index in [1.807, 2.05) is 24.7 Å². The van der Waals surface area contributed by atoms with Gasteiger partial charge in [0.15, 0.2) is 0 Å². The smallest absolute Gasteiger partial charge is 0.208 e. The van der Waals surface area contributed by atoms with E-state index in [9.17, 15) is 0 Å². The van der Waals surface area contributed by atoms with Crippen LogP contribution in [-0.2, 0) is 13.0 Å². The molecule has 136 valence electrons. The Balaban J connectivity index is 1.40. The fraction of sp³-hybridized carbons (Fsp3) is 0.474. The molecule has 1 saturated heterocycles. The van der Waals surface area contributed by atoms with E-state index in [0.29, 0.717) is 5.92 Å². The average molecular weight is 369 g/mol. The highest BCUT2D eigenvalue weighted by atomic mass is 32.1. The van der Waals surface area contributed by atoms with Gasteiger partial charge in [-0.1, -0.05) is 24.3 Å². The van der Waals surface area contributed by atoms with Crippen LogP contribution in [0.25, 0.3) is 0 Å². The molecule has 26 heavy (non-hydrogen) atoms. The van der Waals surface area contributed by atoms with Gasteiger partial charge in [0.05, 0.1) is 6.54 Å². The van der Waals surface area contributed by atoms with Gasteiger partial charge in [0.25, 0.3) is 0 Å². The molecule has 0 amide bonds. The lowest BCUT2D eigenvalue weighted by atomic mass is 9.96. The van der Waals surface area contributed by atoms with Crippen LogP contribution in [0.5, 0.6) is 0 Å². The molecule has 0 spiro atoms. The largest absolute Gasteiger partial charge is 0.347 e. The van der Waals surface area contributed by atoms with Crippen LogP contribution in [0.3, 0.4) is 0 Å². The zero-order valence-electron chi connectivity index (χ0n) is 15.1. The van der Waals surface area contributed by atoms with Crippen molar-refractivity contribution in [3.05, 3.63) is 53.3 Å². The summed E-state index contributed by atoms with van der Waals surface area (Å²) >= 11 is 1.74. The molecule has 0 bridgehead atoms. The van der Waals surface area contributed by atoms with E-state index in [0.717, 1.165) is 55.5 Å². The van der Waals surface area contributed by atoms with Crippen LogP contribution in [0.4, 0.5) is 5.13 Å². The van der Waals surface area contributed by atoms with Crippen molar-refractivity contribution in [1.29, 1.82) is 0 Å². The van der Waals surface area contributed by atoms with E-state index < -0.39 is 0 Å². The molecule has 3 aromatic rings. The SMILES string of the molecule is CCCc1nnc(N2CCC(c3nccn3Cc3cccnc3)CC2)s1. The molecule has 0 aliphatic carbocycles. The van der Waals surface area contributed by atoms with Crippen LogP contribution in [-0.4, -0.2) is 37.8 Å². The molecule has 0 radical (unpaired) electrons. The maximum absolute atomic E-state index is 4.66. The molecule has 1 aliphatic rings. The van der Waals surface area contributed by atoms with Gasteiger partial charge in [-0.25, -0.2) is 4.98 Å². The van der Waals surface area contributed by atoms with Crippen molar-refractivity contribution in [2.75, 3.05) is 18.0 Å². The van der Waals surface area contributed by atoms with E-state index in [4.69, 9.17) is 0 Å². The van der Waals surface area contributed by atoms with E-state index in [2.05, 4.69) is 48.8 Å². The van der Waals surface area contributed by atoms with Crippen LogP contribution in [0.2, 0.25) is 0 Å². The molecular weight excluding hydrogens is 344 g/mol. The highest BCUT2D eigenvalue weighted by molar-refractivity contribution is 7.15. The number of hydrogen-bond donors (Lipinski definition) is 0. The third-order valence-corrected chi connectivity index (χ3v) is 5.92. The Hall–Kier alpha value is -2.28. The summed E-state index contributed by atoms with van der Waals surface area (Å²) in [5.74, 6) is 1.69. The average Bonchev–Trinajstić information content (AvgIpc) is 3.33. The molecule has 1 aliphatic heterocycles. The van der Waals surface area contributed by atoms with Gasteiger partial charge in [-0.2, -0.15) is 0 Å². The molecule has 0 N–H and O–H groups in total. The Labute approximate surface area is 157 Å². The first-order valence-corrected chi connectivity index (χ1v) is 10.1. The number of pyridine rings is 1. The number of nitrogens with zero attached hydrogens (tertiary/aromatic N) is 6. The Bertz CT molecular complexity index is 819. The molecule has 1 fully saturated rings. The molecule has 3 aromatic heterocycles. The predicted molar refractivity (Wildman–Crippen MR) is 104 cm³/mol. The van der Waals surface area contributed by atoms with Gasteiger partial charge < -0.3 is 9.47 Å². The highest BCUT2D eigenvalue weighted by Crippen LogP contribution is 2.31. The minimum Gasteiger partial charge on any atom is -0.347 e. The van der Waals surface area contributed by atoms with Gasteiger partial charge in [0.2, 0.25) is 5.13 Å². The second kappa shape index (κ2) is 7.95. The van der Waals surface area contributed by atoms with Crippen molar-refractivity contribution < 1.29 is 0 Å². The number of imidazole rings is 1. The summed E-state index contributed by atoms with van der Waals surface area (Å²) in [6.07, 6.45) is 12.1. The summed E-state index contributed by atoms with van der Waals surface area (Å²) in [6.45, 7) is 5.05. The highest BCUT2D eigenvalue weighted by Gasteiger charge is 2.25.